The van der Waals surface area contributed by atoms with Gasteiger partial charge in [0, 0.05) is 5.56 Å². The summed E-state index contributed by atoms with van der Waals surface area (Å²) < 4.78 is 5.19. The first-order chi connectivity index (χ1) is 11.3. The van der Waals surface area contributed by atoms with Gasteiger partial charge in [-0.3, -0.25) is 4.79 Å². The second kappa shape index (κ2) is 6.11. The molecule has 0 aliphatic heterocycles. The van der Waals surface area contributed by atoms with Gasteiger partial charge in [0.05, 0.1) is 10.4 Å². The molecule has 0 bridgehead atoms. The van der Waals surface area contributed by atoms with Crippen LogP contribution in [0.5, 0.6) is 5.75 Å². The lowest BCUT2D eigenvalue weighted by atomic mass is 9.79. The zero-order valence-corrected chi connectivity index (χ0v) is 14.3. The van der Waals surface area contributed by atoms with Gasteiger partial charge in [-0.1, -0.05) is 53.5 Å². The van der Waals surface area contributed by atoms with Crippen molar-refractivity contribution in [1.29, 1.82) is 0 Å². The molecule has 1 atom stereocenters. The molecule has 24 heavy (non-hydrogen) atoms. The van der Waals surface area contributed by atoms with Crippen LogP contribution in [0.1, 0.15) is 28.4 Å². The second-order valence-electron chi connectivity index (χ2n) is 5.92. The summed E-state index contributed by atoms with van der Waals surface area (Å²) in [5, 5.41) is 8.92. The summed E-state index contributed by atoms with van der Waals surface area (Å²) in [5.74, 6) is -1.04. The standard InChI is InChI=1S/C18H14Cl2O4/c1-18(11-5-3-2-4-6-11)8-10-7-12(24-9-13(21)22)15(19)16(20)14(10)17(18)23/h2-7H,8-9H2,1H3,(H,21,22)/t18-/m0/s1. The van der Waals surface area contributed by atoms with Crippen LogP contribution in [0.3, 0.4) is 0 Å². The fraction of sp³-hybridized carbons (Fsp3) is 0.222. The third-order valence-corrected chi connectivity index (χ3v) is 5.14. The van der Waals surface area contributed by atoms with Gasteiger partial charge < -0.3 is 9.84 Å². The highest BCUT2D eigenvalue weighted by Gasteiger charge is 2.45. The molecule has 0 saturated heterocycles. The number of ether oxygens (including phenoxy) is 1. The van der Waals surface area contributed by atoms with E-state index in [4.69, 9.17) is 33.0 Å². The number of hydrogen-bond donors (Lipinski definition) is 1. The molecule has 4 nitrogen and oxygen atoms in total. The molecule has 3 rings (SSSR count). The van der Waals surface area contributed by atoms with E-state index < -0.39 is 18.0 Å². The van der Waals surface area contributed by atoms with Crippen molar-refractivity contribution in [3.8, 4) is 5.75 Å². The lowest BCUT2D eigenvalue weighted by Crippen LogP contribution is -2.29. The molecular weight excluding hydrogens is 351 g/mol. The van der Waals surface area contributed by atoms with Crippen molar-refractivity contribution in [1.82, 2.24) is 0 Å². The fourth-order valence-electron chi connectivity index (χ4n) is 3.06. The molecule has 124 valence electrons. The fourth-order valence-corrected chi connectivity index (χ4v) is 3.56. The molecule has 1 aliphatic carbocycles. The second-order valence-corrected chi connectivity index (χ2v) is 6.68. The summed E-state index contributed by atoms with van der Waals surface area (Å²) in [5.41, 5.74) is 1.25. The summed E-state index contributed by atoms with van der Waals surface area (Å²) in [4.78, 5) is 23.7. The van der Waals surface area contributed by atoms with Gasteiger partial charge in [-0.2, -0.15) is 0 Å². The van der Waals surface area contributed by atoms with Crippen molar-refractivity contribution in [2.24, 2.45) is 0 Å². The van der Waals surface area contributed by atoms with E-state index in [9.17, 15) is 9.59 Å². The number of carboxylic acids is 1. The van der Waals surface area contributed by atoms with E-state index in [2.05, 4.69) is 0 Å². The van der Waals surface area contributed by atoms with Gasteiger partial charge in [0.25, 0.3) is 0 Å². The Hall–Kier alpha value is -2.04. The highest BCUT2D eigenvalue weighted by Crippen LogP contribution is 2.47. The molecule has 0 amide bonds. The van der Waals surface area contributed by atoms with Crippen LogP contribution in [-0.2, 0) is 16.6 Å². The molecule has 0 spiro atoms. The number of halogens is 2. The molecule has 0 heterocycles. The maximum Gasteiger partial charge on any atom is 0.341 e. The Kier molecular flexibility index (Phi) is 4.28. The number of Topliss-reactive ketones (excluding diaryl/α,β-unsaturated/α-hetero) is 1. The highest BCUT2D eigenvalue weighted by molar-refractivity contribution is 6.45. The Bertz CT molecular complexity index is 833. The minimum Gasteiger partial charge on any atom is -0.480 e. The van der Waals surface area contributed by atoms with Gasteiger partial charge in [0.15, 0.2) is 12.4 Å². The Balaban J connectivity index is 2.05. The van der Waals surface area contributed by atoms with Crippen LogP contribution in [0.15, 0.2) is 36.4 Å². The number of rotatable bonds is 4. The molecule has 0 fully saturated rings. The largest absolute Gasteiger partial charge is 0.480 e. The first kappa shape index (κ1) is 16.8. The van der Waals surface area contributed by atoms with Gasteiger partial charge >= 0.3 is 5.97 Å². The monoisotopic (exact) mass is 364 g/mol. The summed E-state index contributed by atoms with van der Waals surface area (Å²) in [7, 11) is 0. The van der Waals surface area contributed by atoms with Gasteiger partial charge in [-0.15, -0.1) is 0 Å². The normalized spacial score (nSPS) is 19.2. The summed E-state index contributed by atoms with van der Waals surface area (Å²) in [6.45, 7) is 1.34. The number of fused-ring (bicyclic) bond motifs is 1. The first-order valence-corrected chi connectivity index (χ1v) is 8.06. The number of aliphatic carboxylic acids is 1. The molecule has 2 aromatic rings. The van der Waals surface area contributed by atoms with Crippen molar-refractivity contribution >= 4 is 35.0 Å². The summed E-state index contributed by atoms with van der Waals surface area (Å²) in [6.07, 6.45) is 0.450. The van der Waals surface area contributed by atoms with E-state index in [0.717, 1.165) is 5.56 Å². The van der Waals surface area contributed by atoms with Crippen molar-refractivity contribution in [3.05, 3.63) is 63.1 Å². The molecule has 0 saturated carbocycles. The molecule has 0 unspecified atom stereocenters. The van der Waals surface area contributed by atoms with E-state index in [-0.39, 0.29) is 21.6 Å². The number of carbonyl (C=O) groups excluding carboxylic acids is 1. The Labute approximate surface area is 149 Å². The minimum atomic E-state index is -1.12. The number of carbonyl (C=O) groups is 2. The molecule has 0 aromatic heterocycles. The van der Waals surface area contributed by atoms with Crippen LogP contribution < -0.4 is 4.74 Å². The Morgan fingerprint density at radius 1 is 1.25 bits per heavy atom. The number of ketones is 1. The summed E-state index contributed by atoms with van der Waals surface area (Å²) in [6, 6.07) is 11.1. The van der Waals surface area contributed by atoms with Crippen LogP contribution in [0.2, 0.25) is 10.0 Å². The average Bonchev–Trinajstić information content (AvgIpc) is 2.82. The van der Waals surface area contributed by atoms with Crippen LogP contribution in [0.25, 0.3) is 0 Å². The van der Waals surface area contributed by atoms with Crippen molar-refractivity contribution in [2.75, 3.05) is 6.61 Å². The van der Waals surface area contributed by atoms with Gasteiger partial charge in [-0.05, 0) is 30.5 Å². The van der Waals surface area contributed by atoms with E-state index in [1.54, 1.807) is 6.07 Å². The zero-order chi connectivity index (χ0) is 17.5. The topological polar surface area (TPSA) is 63.6 Å². The molecular formula is C18H14Cl2O4. The van der Waals surface area contributed by atoms with E-state index in [1.165, 1.54) is 0 Å². The maximum atomic E-state index is 13.0. The third-order valence-electron chi connectivity index (χ3n) is 4.29. The zero-order valence-electron chi connectivity index (χ0n) is 12.8. The first-order valence-electron chi connectivity index (χ1n) is 7.30. The number of hydrogen-bond acceptors (Lipinski definition) is 3. The highest BCUT2D eigenvalue weighted by atomic mass is 35.5. The van der Waals surface area contributed by atoms with Crippen LogP contribution in [-0.4, -0.2) is 23.5 Å². The molecule has 2 aromatic carbocycles. The lowest BCUT2D eigenvalue weighted by Gasteiger charge is -2.22. The minimum absolute atomic E-state index is 0.0577. The lowest BCUT2D eigenvalue weighted by molar-refractivity contribution is -0.139. The van der Waals surface area contributed by atoms with Crippen molar-refractivity contribution < 1.29 is 19.4 Å². The average molecular weight is 365 g/mol. The van der Waals surface area contributed by atoms with Crippen molar-refractivity contribution in [2.45, 2.75) is 18.8 Å². The van der Waals surface area contributed by atoms with Gasteiger partial charge in [-0.25, -0.2) is 4.79 Å². The van der Waals surface area contributed by atoms with E-state index >= 15 is 0 Å². The maximum absolute atomic E-state index is 13.0. The smallest absolute Gasteiger partial charge is 0.341 e. The number of carboxylic acid groups (broad SMARTS) is 1. The van der Waals surface area contributed by atoms with E-state index in [0.29, 0.717) is 17.5 Å². The summed E-state index contributed by atoms with van der Waals surface area (Å²) >= 11 is 12.5. The SMILES string of the molecule is C[C@@]1(c2ccccc2)Cc2cc(OCC(=O)O)c(Cl)c(Cl)c2C1=O. The predicted molar refractivity (Wildman–Crippen MR) is 91.4 cm³/mol. The van der Waals surface area contributed by atoms with Crippen LogP contribution in [0, 0.1) is 0 Å². The van der Waals surface area contributed by atoms with Gasteiger partial charge in [0.2, 0.25) is 0 Å². The quantitative estimate of drug-likeness (QED) is 0.884. The van der Waals surface area contributed by atoms with E-state index in [1.807, 2.05) is 37.3 Å². The molecule has 1 N–H and O–H groups in total. The predicted octanol–water partition coefficient (Wildman–Crippen LogP) is 4.15. The van der Waals surface area contributed by atoms with Gasteiger partial charge in [0.1, 0.15) is 10.8 Å². The van der Waals surface area contributed by atoms with Crippen molar-refractivity contribution in [3.63, 3.8) is 0 Å². The number of benzene rings is 2. The Morgan fingerprint density at radius 3 is 2.54 bits per heavy atom. The van der Waals surface area contributed by atoms with Crippen LogP contribution in [0.4, 0.5) is 0 Å². The Morgan fingerprint density at radius 2 is 1.92 bits per heavy atom. The molecule has 1 aliphatic rings. The van der Waals surface area contributed by atoms with Crippen LogP contribution >= 0.6 is 23.2 Å². The third kappa shape index (κ3) is 2.66. The molecule has 0 radical (unpaired) electrons. The molecule has 6 heteroatoms.